The highest BCUT2D eigenvalue weighted by molar-refractivity contribution is 5.73. The maximum Gasteiger partial charge on any atom is 0.416 e. The van der Waals surface area contributed by atoms with Crippen LogP contribution in [0.3, 0.4) is 0 Å². The molecule has 0 radical (unpaired) electrons. The minimum Gasteiger partial charge on any atom is -0.630 e. The summed E-state index contributed by atoms with van der Waals surface area (Å²) in [6, 6.07) is 4.20. The highest BCUT2D eigenvalue weighted by Gasteiger charge is 2.30. The van der Waals surface area contributed by atoms with Gasteiger partial charge in [0.15, 0.2) is 11.6 Å². The Balaban J connectivity index is 2.30. The van der Waals surface area contributed by atoms with Crippen LogP contribution in [0, 0.1) is 5.21 Å². The van der Waals surface area contributed by atoms with Gasteiger partial charge in [0.2, 0.25) is 11.6 Å². The van der Waals surface area contributed by atoms with Crippen LogP contribution in [0.2, 0.25) is 0 Å². The maximum absolute atomic E-state index is 12.5. The molecule has 0 fully saturated rings. The Hall–Kier alpha value is -2.59. The van der Waals surface area contributed by atoms with Gasteiger partial charge in [-0.05, 0) is 24.3 Å². The van der Waals surface area contributed by atoms with Crippen molar-refractivity contribution < 1.29 is 18.7 Å². The number of anilines is 4. The summed E-state index contributed by atoms with van der Waals surface area (Å²) in [7, 11) is 0. The number of alkyl halides is 3. The van der Waals surface area contributed by atoms with Gasteiger partial charge in [0.1, 0.15) is 0 Å². The lowest BCUT2D eigenvalue weighted by Crippen LogP contribution is -2.70. The number of nitrogens with two attached hydrogens (primary N) is 3. The number of hydrogen-bond donors (Lipinski definition) is 4. The topological polar surface area (TPSA) is 130 Å². The number of hydrogen-bond acceptors (Lipinski definition) is 6. The Labute approximate surface area is 116 Å². The largest absolute Gasteiger partial charge is 0.630 e. The summed E-state index contributed by atoms with van der Waals surface area (Å²) in [5.41, 5.74) is 10.8. The van der Waals surface area contributed by atoms with Gasteiger partial charge >= 0.3 is 6.18 Å². The van der Waals surface area contributed by atoms with Crippen LogP contribution in [-0.2, 0) is 6.18 Å². The van der Waals surface area contributed by atoms with E-state index in [4.69, 9.17) is 11.5 Å². The van der Waals surface area contributed by atoms with E-state index >= 15 is 0 Å². The quantitative estimate of drug-likeness (QED) is 0.628. The van der Waals surface area contributed by atoms with Gasteiger partial charge in [-0.2, -0.15) is 23.1 Å². The number of benzene rings is 1. The van der Waals surface area contributed by atoms with Crippen LogP contribution in [0.4, 0.5) is 42.1 Å². The molecule has 112 valence electrons. The lowest BCUT2D eigenvalue weighted by atomic mass is 10.2. The predicted molar refractivity (Wildman–Crippen MR) is 70.5 cm³/mol. The van der Waals surface area contributed by atoms with Crippen molar-refractivity contribution in [2.75, 3.05) is 16.8 Å². The molecule has 21 heavy (non-hydrogen) atoms. The van der Waals surface area contributed by atoms with Gasteiger partial charge in [-0.25, -0.2) is 0 Å². The standard InChI is InChI=1S/C11H11F3N6O/c12-11(13,14)5-1-3-6(4-2-5)17-9-7(20-21)8(15)18-10(16)19-9/h1-4H,20H2,(H5,15,16,17,18,19). The van der Waals surface area contributed by atoms with E-state index in [-0.39, 0.29) is 23.3 Å². The van der Waals surface area contributed by atoms with Gasteiger partial charge in [-0.15, -0.1) is 0 Å². The third-order valence-corrected chi connectivity index (χ3v) is 2.59. The second-order valence-corrected chi connectivity index (χ2v) is 4.05. The summed E-state index contributed by atoms with van der Waals surface area (Å²) in [6.45, 7) is 0. The molecule has 7 N–H and O–H groups in total. The Morgan fingerprint density at radius 1 is 1.10 bits per heavy atom. The normalized spacial score (nSPS) is 11.4. The SMILES string of the molecule is Nc1nc(N)c([NH2+][O-])c(Nc2ccc(C(F)(F)F)cc2)n1. The van der Waals surface area contributed by atoms with Crippen molar-refractivity contribution in [2.45, 2.75) is 6.18 Å². The molecule has 1 aromatic heterocycles. The second kappa shape index (κ2) is 5.42. The Morgan fingerprint density at radius 3 is 2.24 bits per heavy atom. The molecule has 1 aromatic carbocycles. The molecule has 0 atom stereocenters. The minimum absolute atomic E-state index is 0.0229. The first-order valence-corrected chi connectivity index (χ1v) is 5.63. The van der Waals surface area contributed by atoms with E-state index in [1.807, 2.05) is 0 Å². The van der Waals surface area contributed by atoms with Gasteiger partial charge in [0.25, 0.3) is 0 Å². The highest BCUT2D eigenvalue weighted by Crippen LogP contribution is 2.31. The van der Waals surface area contributed by atoms with Crippen molar-refractivity contribution >= 4 is 29.0 Å². The zero-order valence-electron chi connectivity index (χ0n) is 10.5. The molecule has 0 amide bonds. The van der Waals surface area contributed by atoms with Crippen LogP contribution in [0.15, 0.2) is 24.3 Å². The van der Waals surface area contributed by atoms with Crippen LogP contribution in [0.25, 0.3) is 0 Å². The van der Waals surface area contributed by atoms with Gasteiger partial charge in [0.05, 0.1) is 5.56 Å². The average Bonchev–Trinajstić information content (AvgIpc) is 2.38. The van der Waals surface area contributed by atoms with Crippen molar-refractivity contribution in [1.82, 2.24) is 9.97 Å². The fourth-order valence-electron chi connectivity index (χ4n) is 1.60. The molecule has 0 unspecified atom stereocenters. The number of nitrogens with one attached hydrogen (secondary N) is 1. The molecule has 0 aliphatic heterocycles. The average molecular weight is 300 g/mol. The maximum atomic E-state index is 12.5. The number of aromatic nitrogens is 2. The van der Waals surface area contributed by atoms with Crippen molar-refractivity contribution in [2.24, 2.45) is 0 Å². The molecule has 2 rings (SSSR count). The summed E-state index contributed by atoms with van der Waals surface area (Å²) in [6.07, 6.45) is -4.42. The zero-order valence-corrected chi connectivity index (χ0v) is 10.5. The van der Waals surface area contributed by atoms with E-state index in [2.05, 4.69) is 15.3 Å². The van der Waals surface area contributed by atoms with Crippen molar-refractivity contribution in [1.29, 1.82) is 0 Å². The first-order valence-electron chi connectivity index (χ1n) is 5.63. The lowest BCUT2D eigenvalue weighted by molar-refractivity contribution is -0.495. The van der Waals surface area contributed by atoms with E-state index in [0.717, 1.165) is 12.1 Å². The van der Waals surface area contributed by atoms with Crippen LogP contribution >= 0.6 is 0 Å². The number of quaternary nitrogens is 1. The molecule has 10 heteroatoms. The summed E-state index contributed by atoms with van der Waals surface area (Å²) in [5, 5.41) is 13.6. The summed E-state index contributed by atoms with van der Waals surface area (Å²) < 4.78 is 37.4. The van der Waals surface area contributed by atoms with E-state index in [9.17, 15) is 18.4 Å². The third-order valence-electron chi connectivity index (χ3n) is 2.59. The minimum atomic E-state index is -4.42. The monoisotopic (exact) mass is 300 g/mol. The van der Waals surface area contributed by atoms with Gasteiger partial charge in [-0.1, -0.05) is 0 Å². The molecule has 2 aromatic rings. The fraction of sp³-hybridized carbons (Fsp3) is 0.0909. The van der Waals surface area contributed by atoms with Crippen LogP contribution in [0.1, 0.15) is 5.56 Å². The van der Waals surface area contributed by atoms with Gasteiger partial charge in [-0.3, -0.25) is 0 Å². The molecule has 7 nitrogen and oxygen atoms in total. The molecule has 0 aliphatic rings. The van der Waals surface area contributed by atoms with Crippen molar-refractivity contribution in [3.8, 4) is 0 Å². The van der Waals surface area contributed by atoms with Gasteiger partial charge < -0.3 is 27.5 Å². The highest BCUT2D eigenvalue weighted by atomic mass is 19.4. The fourth-order valence-corrected chi connectivity index (χ4v) is 1.60. The number of rotatable bonds is 3. The molecule has 1 heterocycles. The molecule has 0 spiro atoms. The predicted octanol–water partition coefficient (Wildman–Crippen LogP) is 1.10. The number of nitrogens with zero attached hydrogens (tertiary/aromatic N) is 2. The molecular weight excluding hydrogens is 289 g/mol. The molecule has 0 saturated heterocycles. The molecular formula is C11H11F3N6O. The molecule has 0 bridgehead atoms. The summed E-state index contributed by atoms with van der Waals surface area (Å²) in [4.78, 5) is 7.41. The number of halogens is 3. The lowest BCUT2D eigenvalue weighted by Gasteiger charge is -2.13. The summed E-state index contributed by atoms with van der Waals surface area (Å²) >= 11 is 0. The second-order valence-electron chi connectivity index (χ2n) is 4.05. The van der Waals surface area contributed by atoms with Crippen LogP contribution in [0.5, 0.6) is 0 Å². The van der Waals surface area contributed by atoms with E-state index in [0.29, 0.717) is 11.2 Å². The number of nitrogen functional groups attached to an aromatic ring is 2. The van der Waals surface area contributed by atoms with E-state index in [1.165, 1.54) is 12.1 Å². The zero-order chi connectivity index (χ0) is 15.6. The third kappa shape index (κ3) is 3.30. The van der Waals surface area contributed by atoms with Crippen molar-refractivity contribution in [3.63, 3.8) is 0 Å². The van der Waals surface area contributed by atoms with Gasteiger partial charge in [0, 0.05) is 5.69 Å². The Bertz CT molecular complexity index is 644. The van der Waals surface area contributed by atoms with Crippen LogP contribution < -0.4 is 22.3 Å². The molecule has 0 saturated carbocycles. The Kier molecular flexibility index (Phi) is 3.82. The summed E-state index contributed by atoms with van der Waals surface area (Å²) in [5.74, 6) is -0.255. The first kappa shape index (κ1) is 14.8. The smallest absolute Gasteiger partial charge is 0.416 e. The van der Waals surface area contributed by atoms with Crippen LogP contribution in [-0.4, -0.2) is 9.97 Å². The van der Waals surface area contributed by atoms with E-state index in [1.54, 1.807) is 0 Å². The van der Waals surface area contributed by atoms with E-state index < -0.39 is 11.7 Å². The Morgan fingerprint density at radius 2 is 1.71 bits per heavy atom. The first-order chi connectivity index (χ1) is 9.81. The van der Waals surface area contributed by atoms with Crippen molar-refractivity contribution in [3.05, 3.63) is 35.0 Å². The molecule has 0 aliphatic carbocycles.